The smallest absolute Gasteiger partial charge is 0.0467 e. The van der Waals surface area contributed by atoms with Gasteiger partial charge >= 0.3 is 0 Å². The molecule has 0 spiro atoms. The van der Waals surface area contributed by atoms with Crippen LogP contribution in [0.1, 0.15) is 26.2 Å². The molecule has 1 rings (SSSR count). The Labute approximate surface area is 69.3 Å². The summed E-state index contributed by atoms with van der Waals surface area (Å²) in [5.41, 5.74) is 0.543. The summed E-state index contributed by atoms with van der Waals surface area (Å²) in [5, 5.41) is 3.38. The molecule has 0 amide bonds. The lowest BCUT2D eigenvalue weighted by Gasteiger charge is -2.33. The predicted molar refractivity (Wildman–Crippen MR) is 46.7 cm³/mol. The van der Waals surface area contributed by atoms with Crippen molar-refractivity contribution in [3.63, 3.8) is 0 Å². The highest BCUT2D eigenvalue weighted by atomic mass is 16.5. The van der Waals surface area contributed by atoms with E-state index in [9.17, 15) is 0 Å². The van der Waals surface area contributed by atoms with Crippen LogP contribution in [0.5, 0.6) is 0 Å². The monoisotopic (exact) mass is 157 g/mol. The Kier molecular flexibility index (Phi) is 3.34. The lowest BCUT2D eigenvalue weighted by Crippen LogP contribution is -2.35. The molecule has 2 nitrogen and oxygen atoms in total. The molecule has 0 aromatic rings. The molecule has 1 heterocycles. The summed E-state index contributed by atoms with van der Waals surface area (Å²) < 4.78 is 5.09. The summed E-state index contributed by atoms with van der Waals surface area (Å²) in [6.45, 7) is 5.64. The van der Waals surface area contributed by atoms with E-state index in [0.29, 0.717) is 5.41 Å². The largest absolute Gasteiger partial charge is 0.385 e. The topological polar surface area (TPSA) is 21.3 Å². The zero-order valence-corrected chi connectivity index (χ0v) is 7.65. The maximum absolute atomic E-state index is 5.09. The number of piperidine rings is 1. The first-order chi connectivity index (χ1) is 5.27. The van der Waals surface area contributed by atoms with E-state index >= 15 is 0 Å². The minimum absolute atomic E-state index is 0.543. The van der Waals surface area contributed by atoms with E-state index in [1.807, 2.05) is 0 Å². The van der Waals surface area contributed by atoms with Crippen LogP contribution in [0.4, 0.5) is 0 Å². The standard InChI is InChI=1S/C9H19NO/c1-9(5-8-11-2)3-6-10-7-4-9/h10H,3-8H2,1-2H3. The van der Waals surface area contributed by atoms with Gasteiger partial charge in [0, 0.05) is 13.7 Å². The predicted octanol–water partition coefficient (Wildman–Crippen LogP) is 1.41. The Balaban J connectivity index is 2.25. The Morgan fingerprint density at radius 3 is 2.55 bits per heavy atom. The molecule has 1 aliphatic rings. The first kappa shape index (κ1) is 9.01. The minimum atomic E-state index is 0.543. The van der Waals surface area contributed by atoms with E-state index in [1.165, 1.54) is 32.4 Å². The molecule has 1 aliphatic heterocycles. The van der Waals surface area contributed by atoms with E-state index in [0.717, 1.165) is 6.61 Å². The van der Waals surface area contributed by atoms with Crippen molar-refractivity contribution in [1.29, 1.82) is 0 Å². The summed E-state index contributed by atoms with van der Waals surface area (Å²) in [4.78, 5) is 0. The Morgan fingerprint density at radius 1 is 1.36 bits per heavy atom. The minimum Gasteiger partial charge on any atom is -0.385 e. The lowest BCUT2D eigenvalue weighted by atomic mass is 9.78. The van der Waals surface area contributed by atoms with E-state index < -0.39 is 0 Å². The van der Waals surface area contributed by atoms with Gasteiger partial charge in [0.1, 0.15) is 0 Å². The Hall–Kier alpha value is -0.0800. The number of ether oxygens (including phenoxy) is 1. The third-order valence-corrected chi connectivity index (χ3v) is 2.72. The van der Waals surface area contributed by atoms with Gasteiger partial charge in [-0.2, -0.15) is 0 Å². The van der Waals surface area contributed by atoms with E-state index in [4.69, 9.17) is 4.74 Å². The highest BCUT2D eigenvalue weighted by Gasteiger charge is 2.25. The zero-order valence-electron chi connectivity index (χ0n) is 7.65. The SMILES string of the molecule is COCCC1(C)CCNCC1. The number of hydrogen-bond acceptors (Lipinski definition) is 2. The molecule has 1 fully saturated rings. The van der Waals surface area contributed by atoms with Crippen molar-refractivity contribution in [2.24, 2.45) is 5.41 Å². The number of methoxy groups -OCH3 is 1. The zero-order chi connectivity index (χ0) is 8.16. The fourth-order valence-electron chi connectivity index (χ4n) is 1.63. The second kappa shape index (κ2) is 4.07. The maximum Gasteiger partial charge on any atom is 0.0467 e. The van der Waals surface area contributed by atoms with E-state index in [2.05, 4.69) is 12.2 Å². The molecule has 66 valence electrons. The average Bonchev–Trinajstić information content (AvgIpc) is 2.03. The van der Waals surface area contributed by atoms with Crippen LogP contribution in [-0.2, 0) is 4.74 Å². The summed E-state index contributed by atoms with van der Waals surface area (Å²) in [7, 11) is 1.78. The van der Waals surface area contributed by atoms with Crippen LogP contribution in [0.2, 0.25) is 0 Å². The fraction of sp³-hybridized carbons (Fsp3) is 1.00. The molecule has 0 unspecified atom stereocenters. The van der Waals surface area contributed by atoms with Gasteiger partial charge in [-0.25, -0.2) is 0 Å². The number of nitrogens with one attached hydrogen (secondary N) is 1. The first-order valence-electron chi connectivity index (χ1n) is 4.46. The second-order valence-corrected chi connectivity index (χ2v) is 3.80. The number of rotatable bonds is 3. The molecule has 0 aliphatic carbocycles. The van der Waals surface area contributed by atoms with Crippen LogP contribution in [-0.4, -0.2) is 26.8 Å². The van der Waals surface area contributed by atoms with Gasteiger partial charge in [-0.05, 0) is 37.8 Å². The summed E-state index contributed by atoms with van der Waals surface area (Å²) in [6, 6.07) is 0. The normalized spacial score (nSPS) is 23.5. The van der Waals surface area contributed by atoms with Crippen molar-refractivity contribution in [1.82, 2.24) is 5.32 Å². The molecule has 0 aromatic carbocycles. The first-order valence-corrected chi connectivity index (χ1v) is 4.46. The summed E-state index contributed by atoms with van der Waals surface area (Å²) in [5.74, 6) is 0. The van der Waals surface area contributed by atoms with Crippen LogP contribution in [0.25, 0.3) is 0 Å². The van der Waals surface area contributed by atoms with Crippen LogP contribution in [0, 0.1) is 5.41 Å². The van der Waals surface area contributed by atoms with E-state index in [1.54, 1.807) is 7.11 Å². The van der Waals surface area contributed by atoms with Gasteiger partial charge in [-0.15, -0.1) is 0 Å². The number of hydrogen-bond donors (Lipinski definition) is 1. The van der Waals surface area contributed by atoms with Crippen molar-refractivity contribution in [2.75, 3.05) is 26.8 Å². The van der Waals surface area contributed by atoms with Crippen LogP contribution in [0.15, 0.2) is 0 Å². The molecular weight excluding hydrogens is 138 g/mol. The van der Waals surface area contributed by atoms with Gasteiger partial charge in [0.15, 0.2) is 0 Å². The highest BCUT2D eigenvalue weighted by molar-refractivity contribution is 4.79. The summed E-state index contributed by atoms with van der Waals surface area (Å²) >= 11 is 0. The molecule has 2 heteroatoms. The molecule has 1 N–H and O–H groups in total. The maximum atomic E-state index is 5.09. The molecule has 0 saturated carbocycles. The third-order valence-electron chi connectivity index (χ3n) is 2.72. The van der Waals surface area contributed by atoms with Gasteiger partial charge < -0.3 is 10.1 Å². The van der Waals surface area contributed by atoms with Gasteiger partial charge in [0.05, 0.1) is 0 Å². The Bertz CT molecular complexity index is 108. The molecule has 1 saturated heterocycles. The highest BCUT2D eigenvalue weighted by Crippen LogP contribution is 2.31. The van der Waals surface area contributed by atoms with Crippen LogP contribution >= 0.6 is 0 Å². The van der Waals surface area contributed by atoms with Crippen molar-refractivity contribution in [3.05, 3.63) is 0 Å². The van der Waals surface area contributed by atoms with Crippen molar-refractivity contribution >= 4 is 0 Å². The molecule has 0 aromatic heterocycles. The van der Waals surface area contributed by atoms with Crippen LogP contribution in [0.3, 0.4) is 0 Å². The second-order valence-electron chi connectivity index (χ2n) is 3.80. The Morgan fingerprint density at radius 2 is 2.00 bits per heavy atom. The van der Waals surface area contributed by atoms with Gasteiger partial charge in [-0.3, -0.25) is 0 Å². The lowest BCUT2D eigenvalue weighted by molar-refractivity contribution is 0.121. The quantitative estimate of drug-likeness (QED) is 0.669. The third kappa shape index (κ3) is 2.80. The molecule has 0 atom stereocenters. The van der Waals surface area contributed by atoms with Crippen molar-refractivity contribution in [2.45, 2.75) is 26.2 Å². The van der Waals surface area contributed by atoms with Crippen LogP contribution < -0.4 is 5.32 Å². The van der Waals surface area contributed by atoms with E-state index in [-0.39, 0.29) is 0 Å². The molecule has 11 heavy (non-hydrogen) atoms. The van der Waals surface area contributed by atoms with Gasteiger partial charge in [0.25, 0.3) is 0 Å². The fourth-order valence-corrected chi connectivity index (χ4v) is 1.63. The van der Waals surface area contributed by atoms with Gasteiger partial charge in [-0.1, -0.05) is 6.92 Å². The van der Waals surface area contributed by atoms with Crippen molar-refractivity contribution < 1.29 is 4.74 Å². The average molecular weight is 157 g/mol. The summed E-state index contributed by atoms with van der Waals surface area (Å²) in [6.07, 6.45) is 3.82. The van der Waals surface area contributed by atoms with Gasteiger partial charge in [0.2, 0.25) is 0 Å². The molecular formula is C9H19NO. The molecule has 0 bridgehead atoms. The molecule has 0 radical (unpaired) electrons. The van der Waals surface area contributed by atoms with Crippen molar-refractivity contribution in [3.8, 4) is 0 Å².